The summed E-state index contributed by atoms with van der Waals surface area (Å²) in [6.45, 7) is 0.815. The van der Waals surface area contributed by atoms with Crippen molar-refractivity contribution in [3.05, 3.63) is 22.8 Å². The third-order valence-electron chi connectivity index (χ3n) is 3.14. The fourth-order valence-electron chi connectivity index (χ4n) is 2.14. The zero-order valence-corrected chi connectivity index (χ0v) is 10.8. The minimum atomic E-state index is -0.142. The number of aliphatic hydroxyl groups excluding tert-OH is 1. The Morgan fingerprint density at radius 3 is 2.88 bits per heavy atom. The molecule has 0 amide bonds. The predicted molar refractivity (Wildman–Crippen MR) is 68.4 cm³/mol. The minimum absolute atomic E-state index is 0.142. The third kappa shape index (κ3) is 3.19. The first-order valence-corrected chi connectivity index (χ1v) is 6.58. The van der Waals surface area contributed by atoms with Gasteiger partial charge in [-0.2, -0.15) is 0 Å². The van der Waals surface area contributed by atoms with E-state index >= 15 is 0 Å². The monoisotopic (exact) mass is 284 g/mol. The van der Waals surface area contributed by atoms with Crippen LogP contribution in [0.3, 0.4) is 0 Å². The van der Waals surface area contributed by atoms with Crippen molar-refractivity contribution >= 4 is 21.7 Å². The SMILES string of the molecule is OC1CCCCC1CNc1ccc(Br)cn1. The molecule has 16 heavy (non-hydrogen) atoms. The number of hydrogen-bond donors (Lipinski definition) is 2. The van der Waals surface area contributed by atoms with Gasteiger partial charge in [-0.3, -0.25) is 0 Å². The second-order valence-corrected chi connectivity index (χ2v) is 5.27. The molecular weight excluding hydrogens is 268 g/mol. The average molecular weight is 285 g/mol. The van der Waals surface area contributed by atoms with Crippen LogP contribution in [0, 0.1) is 5.92 Å². The highest BCUT2D eigenvalue weighted by atomic mass is 79.9. The highest BCUT2D eigenvalue weighted by molar-refractivity contribution is 9.10. The minimum Gasteiger partial charge on any atom is -0.393 e. The van der Waals surface area contributed by atoms with E-state index in [1.165, 1.54) is 6.42 Å². The Bertz CT molecular complexity index is 328. The molecule has 4 heteroatoms. The fourth-order valence-corrected chi connectivity index (χ4v) is 2.38. The number of halogens is 1. The summed E-state index contributed by atoms with van der Waals surface area (Å²) in [4.78, 5) is 4.25. The fraction of sp³-hybridized carbons (Fsp3) is 0.583. The van der Waals surface area contributed by atoms with Crippen LogP contribution < -0.4 is 5.32 Å². The van der Waals surface area contributed by atoms with Gasteiger partial charge in [0.05, 0.1) is 6.10 Å². The number of hydrogen-bond acceptors (Lipinski definition) is 3. The van der Waals surface area contributed by atoms with Gasteiger partial charge in [-0.05, 0) is 40.9 Å². The number of nitrogens with zero attached hydrogens (tertiary/aromatic N) is 1. The molecule has 1 aromatic heterocycles. The largest absolute Gasteiger partial charge is 0.393 e. The second-order valence-electron chi connectivity index (χ2n) is 4.35. The molecule has 1 aliphatic carbocycles. The van der Waals surface area contributed by atoms with Crippen molar-refractivity contribution in [2.75, 3.05) is 11.9 Å². The molecule has 1 aromatic rings. The summed E-state index contributed by atoms with van der Waals surface area (Å²) in [7, 11) is 0. The quantitative estimate of drug-likeness (QED) is 0.897. The van der Waals surface area contributed by atoms with Crippen LogP contribution in [0.15, 0.2) is 22.8 Å². The maximum atomic E-state index is 9.82. The molecule has 88 valence electrons. The number of aliphatic hydroxyl groups is 1. The molecule has 0 radical (unpaired) electrons. The van der Waals surface area contributed by atoms with Gasteiger partial charge in [0.1, 0.15) is 5.82 Å². The average Bonchev–Trinajstić information content (AvgIpc) is 2.30. The zero-order valence-electron chi connectivity index (χ0n) is 9.19. The summed E-state index contributed by atoms with van der Waals surface area (Å²) in [6, 6.07) is 3.91. The molecule has 0 spiro atoms. The van der Waals surface area contributed by atoms with Gasteiger partial charge in [0.2, 0.25) is 0 Å². The van der Waals surface area contributed by atoms with Crippen LogP contribution in [-0.4, -0.2) is 22.7 Å². The number of aromatic nitrogens is 1. The van der Waals surface area contributed by atoms with E-state index in [0.717, 1.165) is 36.1 Å². The van der Waals surface area contributed by atoms with Crippen LogP contribution in [0.25, 0.3) is 0 Å². The molecule has 2 unspecified atom stereocenters. The van der Waals surface area contributed by atoms with Crippen LogP contribution in [0.2, 0.25) is 0 Å². The van der Waals surface area contributed by atoms with E-state index < -0.39 is 0 Å². The van der Waals surface area contributed by atoms with Gasteiger partial charge in [0, 0.05) is 23.1 Å². The van der Waals surface area contributed by atoms with Crippen molar-refractivity contribution < 1.29 is 5.11 Å². The van der Waals surface area contributed by atoms with Gasteiger partial charge in [0.25, 0.3) is 0 Å². The number of nitrogens with one attached hydrogen (secondary N) is 1. The Balaban J connectivity index is 1.84. The lowest BCUT2D eigenvalue weighted by molar-refractivity contribution is 0.0763. The highest BCUT2D eigenvalue weighted by Crippen LogP contribution is 2.24. The molecule has 0 bridgehead atoms. The molecule has 2 atom stereocenters. The van der Waals surface area contributed by atoms with Gasteiger partial charge in [0.15, 0.2) is 0 Å². The summed E-state index contributed by atoms with van der Waals surface area (Å²) in [5, 5.41) is 13.1. The van der Waals surface area contributed by atoms with Crippen molar-refractivity contribution in [2.24, 2.45) is 5.92 Å². The first kappa shape index (κ1) is 11.9. The van der Waals surface area contributed by atoms with Crippen LogP contribution in [0.4, 0.5) is 5.82 Å². The van der Waals surface area contributed by atoms with Gasteiger partial charge in [-0.25, -0.2) is 4.98 Å². The molecule has 1 saturated carbocycles. The summed E-state index contributed by atoms with van der Waals surface area (Å²) in [5.41, 5.74) is 0. The van der Waals surface area contributed by atoms with Crippen molar-refractivity contribution in [3.63, 3.8) is 0 Å². The van der Waals surface area contributed by atoms with Crippen LogP contribution in [0.5, 0.6) is 0 Å². The van der Waals surface area contributed by atoms with Gasteiger partial charge >= 0.3 is 0 Å². The van der Waals surface area contributed by atoms with Crippen LogP contribution in [0.1, 0.15) is 25.7 Å². The van der Waals surface area contributed by atoms with Crippen molar-refractivity contribution in [2.45, 2.75) is 31.8 Å². The number of rotatable bonds is 3. The Labute approximate surface area is 104 Å². The third-order valence-corrected chi connectivity index (χ3v) is 3.61. The summed E-state index contributed by atoms with van der Waals surface area (Å²) >= 11 is 3.35. The smallest absolute Gasteiger partial charge is 0.125 e. The molecular formula is C12H17BrN2O. The first-order valence-electron chi connectivity index (χ1n) is 5.79. The van der Waals surface area contributed by atoms with E-state index in [1.807, 2.05) is 12.1 Å². The molecule has 0 aliphatic heterocycles. The van der Waals surface area contributed by atoms with Gasteiger partial charge < -0.3 is 10.4 Å². The Morgan fingerprint density at radius 1 is 1.38 bits per heavy atom. The van der Waals surface area contributed by atoms with Crippen molar-refractivity contribution in [3.8, 4) is 0 Å². The molecule has 3 nitrogen and oxygen atoms in total. The normalized spacial score (nSPS) is 25.4. The maximum absolute atomic E-state index is 9.82. The van der Waals surface area contributed by atoms with E-state index in [1.54, 1.807) is 6.20 Å². The molecule has 2 N–H and O–H groups in total. The van der Waals surface area contributed by atoms with E-state index in [-0.39, 0.29) is 6.10 Å². The van der Waals surface area contributed by atoms with E-state index in [2.05, 4.69) is 26.2 Å². The predicted octanol–water partition coefficient (Wildman–Crippen LogP) is 2.81. The van der Waals surface area contributed by atoms with E-state index in [4.69, 9.17) is 0 Å². The lowest BCUT2D eigenvalue weighted by Crippen LogP contribution is -2.30. The number of anilines is 1. The molecule has 1 fully saturated rings. The standard InChI is InChI=1S/C12H17BrN2O/c13-10-5-6-12(15-8-10)14-7-9-3-1-2-4-11(9)16/h5-6,8-9,11,16H,1-4,7H2,(H,14,15). The van der Waals surface area contributed by atoms with E-state index in [9.17, 15) is 5.11 Å². The molecule has 0 saturated heterocycles. The molecule has 1 heterocycles. The van der Waals surface area contributed by atoms with Crippen LogP contribution >= 0.6 is 15.9 Å². The summed E-state index contributed by atoms with van der Waals surface area (Å²) < 4.78 is 0.982. The van der Waals surface area contributed by atoms with E-state index in [0.29, 0.717) is 5.92 Å². The highest BCUT2D eigenvalue weighted by Gasteiger charge is 2.22. The summed E-state index contributed by atoms with van der Waals surface area (Å²) in [5.74, 6) is 1.25. The lowest BCUT2D eigenvalue weighted by Gasteiger charge is -2.27. The van der Waals surface area contributed by atoms with Gasteiger partial charge in [-0.1, -0.05) is 12.8 Å². The van der Waals surface area contributed by atoms with Gasteiger partial charge in [-0.15, -0.1) is 0 Å². The second kappa shape index (κ2) is 5.64. The first-order chi connectivity index (χ1) is 7.75. The Hall–Kier alpha value is -0.610. The van der Waals surface area contributed by atoms with Crippen molar-refractivity contribution in [1.82, 2.24) is 4.98 Å². The molecule has 2 rings (SSSR count). The lowest BCUT2D eigenvalue weighted by atomic mass is 9.86. The topological polar surface area (TPSA) is 45.1 Å². The zero-order chi connectivity index (χ0) is 11.4. The van der Waals surface area contributed by atoms with Crippen LogP contribution in [-0.2, 0) is 0 Å². The number of pyridine rings is 1. The Morgan fingerprint density at radius 2 is 2.19 bits per heavy atom. The maximum Gasteiger partial charge on any atom is 0.125 e. The molecule has 1 aliphatic rings. The Kier molecular flexibility index (Phi) is 4.18. The van der Waals surface area contributed by atoms with Crippen molar-refractivity contribution in [1.29, 1.82) is 0 Å². The summed E-state index contributed by atoms with van der Waals surface area (Å²) in [6.07, 6.45) is 6.09. The molecule has 0 aromatic carbocycles.